The van der Waals surface area contributed by atoms with Crippen LogP contribution in [0.4, 0.5) is 13.2 Å². The molecule has 1 atom stereocenters. The van der Waals surface area contributed by atoms with Crippen molar-refractivity contribution < 1.29 is 18.4 Å². The lowest BCUT2D eigenvalue weighted by Gasteiger charge is -2.24. The summed E-state index contributed by atoms with van der Waals surface area (Å²) >= 11 is 0. The second-order valence-corrected chi connectivity index (χ2v) is 4.75. The van der Waals surface area contributed by atoms with E-state index in [9.17, 15) is 13.2 Å². The van der Waals surface area contributed by atoms with Crippen LogP contribution in [0.25, 0.3) is 0 Å². The Morgan fingerprint density at radius 3 is 2.35 bits per heavy atom. The van der Waals surface area contributed by atoms with Crippen LogP contribution in [0.1, 0.15) is 24.5 Å². The Hall–Kier alpha value is -1.76. The second kappa shape index (κ2) is 6.60. The van der Waals surface area contributed by atoms with Crippen LogP contribution in [0.3, 0.4) is 0 Å². The van der Waals surface area contributed by atoms with Gasteiger partial charge in [-0.05, 0) is 31.7 Å². The van der Waals surface area contributed by atoms with E-state index in [1.807, 2.05) is 18.9 Å². The van der Waals surface area contributed by atoms with Gasteiger partial charge in [0.2, 0.25) is 0 Å². The molecule has 0 aliphatic rings. The largest absolute Gasteiger partial charge is 0.416 e. The lowest BCUT2D eigenvalue weighted by atomic mass is 10.1. The van der Waals surface area contributed by atoms with Crippen LogP contribution in [0, 0.1) is 0 Å². The van der Waals surface area contributed by atoms with E-state index >= 15 is 0 Å². The SMILES string of the molecule is CC(CC(N)=NO)N(C)Cc1ccc(C(F)(F)F)cc1. The predicted octanol–water partition coefficient (Wildman–Crippen LogP) is 2.66. The summed E-state index contributed by atoms with van der Waals surface area (Å²) in [6.45, 7) is 2.38. The molecule has 0 aromatic heterocycles. The number of nitrogens with two attached hydrogens (primary N) is 1. The minimum Gasteiger partial charge on any atom is -0.409 e. The minimum absolute atomic E-state index is 0.00759. The number of alkyl halides is 3. The Morgan fingerprint density at radius 1 is 1.35 bits per heavy atom. The molecule has 0 bridgehead atoms. The zero-order valence-corrected chi connectivity index (χ0v) is 11.4. The standard InChI is InChI=1S/C13H18F3N3O/c1-9(7-12(17)18-20)19(2)8-10-3-5-11(6-4-10)13(14,15)16/h3-6,9,20H,7-8H2,1-2H3,(H2,17,18). The van der Waals surface area contributed by atoms with E-state index in [1.54, 1.807) is 0 Å². The Bertz CT molecular complexity index is 457. The fourth-order valence-electron chi connectivity index (χ4n) is 1.74. The van der Waals surface area contributed by atoms with Crippen molar-refractivity contribution in [3.05, 3.63) is 35.4 Å². The fraction of sp³-hybridized carbons (Fsp3) is 0.462. The number of benzene rings is 1. The van der Waals surface area contributed by atoms with E-state index in [4.69, 9.17) is 10.9 Å². The van der Waals surface area contributed by atoms with E-state index in [-0.39, 0.29) is 11.9 Å². The molecule has 20 heavy (non-hydrogen) atoms. The number of halogens is 3. The summed E-state index contributed by atoms with van der Waals surface area (Å²) in [5.74, 6) is 0.122. The van der Waals surface area contributed by atoms with Crippen LogP contribution < -0.4 is 5.73 Å². The van der Waals surface area contributed by atoms with Crippen LogP contribution in [0.2, 0.25) is 0 Å². The van der Waals surface area contributed by atoms with Crippen molar-refractivity contribution in [1.29, 1.82) is 0 Å². The molecule has 1 aromatic carbocycles. The molecule has 0 radical (unpaired) electrons. The second-order valence-electron chi connectivity index (χ2n) is 4.75. The summed E-state index contributed by atoms with van der Waals surface area (Å²) in [5.41, 5.74) is 5.53. The molecular formula is C13H18F3N3O. The molecule has 112 valence electrons. The van der Waals surface area contributed by atoms with E-state index in [2.05, 4.69) is 5.16 Å². The average molecular weight is 289 g/mol. The molecule has 0 aliphatic heterocycles. The summed E-state index contributed by atoms with van der Waals surface area (Å²) in [6, 6.07) is 5.05. The third-order valence-corrected chi connectivity index (χ3v) is 3.10. The van der Waals surface area contributed by atoms with Gasteiger partial charge < -0.3 is 10.9 Å². The van der Waals surface area contributed by atoms with Gasteiger partial charge in [0.1, 0.15) is 5.84 Å². The highest BCUT2D eigenvalue weighted by Crippen LogP contribution is 2.29. The monoisotopic (exact) mass is 289 g/mol. The molecule has 0 saturated carbocycles. The Kier molecular flexibility index (Phi) is 5.38. The summed E-state index contributed by atoms with van der Waals surface area (Å²) in [4.78, 5) is 1.92. The topological polar surface area (TPSA) is 61.9 Å². The maximum atomic E-state index is 12.4. The van der Waals surface area contributed by atoms with Gasteiger partial charge in [0.15, 0.2) is 0 Å². The van der Waals surface area contributed by atoms with Gasteiger partial charge in [0, 0.05) is 19.0 Å². The normalized spacial score (nSPS) is 14.6. The first-order chi connectivity index (χ1) is 9.24. The van der Waals surface area contributed by atoms with Gasteiger partial charge in [-0.25, -0.2) is 0 Å². The van der Waals surface area contributed by atoms with Crippen LogP contribution in [0.5, 0.6) is 0 Å². The smallest absolute Gasteiger partial charge is 0.409 e. The number of oxime groups is 1. The third-order valence-electron chi connectivity index (χ3n) is 3.10. The zero-order valence-electron chi connectivity index (χ0n) is 11.4. The molecule has 0 fully saturated rings. The third kappa shape index (κ3) is 4.73. The maximum Gasteiger partial charge on any atom is 0.416 e. The van der Waals surface area contributed by atoms with Crippen molar-refractivity contribution >= 4 is 5.84 Å². The average Bonchev–Trinajstić information content (AvgIpc) is 2.38. The highest BCUT2D eigenvalue weighted by atomic mass is 19.4. The highest BCUT2D eigenvalue weighted by Gasteiger charge is 2.29. The van der Waals surface area contributed by atoms with Crippen molar-refractivity contribution in [1.82, 2.24) is 4.90 Å². The molecule has 3 N–H and O–H groups in total. The molecule has 0 spiro atoms. The van der Waals surface area contributed by atoms with Crippen LogP contribution in [-0.2, 0) is 12.7 Å². The Labute approximate surface area is 115 Å². The molecule has 0 heterocycles. The van der Waals surface area contributed by atoms with Gasteiger partial charge in [-0.15, -0.1) is 0 Å². The predicted molar refractivity (Wildman–Crippen MR) is 70.4 cm³/mol. The lowest BCUT2D eigenvalue weighted by Crippen LogP contribution is -2.32. The number of amidine groups is 1. The summed E-state index contributed by atoms with van der Waals surface area (Å²) in [6.07, 6.45) is -3.93. The van der Waals surface area contributed by atoms with E-state index in [0.29, 0.717) is 13.0 Å². The van der Waals surface area contributed by atoms with Gasteiger partial charge in [0.05, 0.1) is 5.56 Å². The van der Waals surface area contributed by atoms with Crippen molar-refractivity contribution in [2.24, 2.45) is 10.9 Å². The highest BCUT2D eigenvalue weighted by molar-refractivity contribution is 5.80. The van der Waals surface area contributed by atoms with Crippen LogP contribution in [0.15, 0.2) is 29.4 Å². The summed E-state index contributed by atoms with van der Waals surface area (Å²) in [7, 11) is 1.83. The number of rotatable bonds is 5. The lowest BCUT2D eigenvalue weighted by molar-refractivity contribution is -0.137. The van der Waals surface area contributed by atoms with Crippen molar-refractivity contribution in [3.63, 3.8) is 0 Å². The maximum absolute atomic E-state index is 12.4. The van der Waals surface area contributed by atoms with Gasteiger partial charge in [-0.3, -0.25) is 4.90 Å². The van der Waals surface area contributed by atoms with Crippen molar-refractivity contribution in [2.45, 2.75) is 32.1 Å². The van der Waals surface area contributed by atoms with Gasteiger partial charge in [-0.2, -0.15) is 13.2 Å². The molecule has 4 nitrogen and oxygen atoms in total. The zero-order chi connectivity index (χ0) is 15.3. The number of hydrogen-bond acceptors (Lipinski definition) is 3. The molecule has 0 amide bonds. The van der Waals surface area contributed by atoms with Crippen LogP contribution >= 0.6 is 0 Å². The number of hydrogen-bond donors (Lipinski definition) is 2. The molecule has 0 aliphatic carbocycles. The molecule has 1 unspecified atom stereocenters. The first-order valence-corrected chi connectivity index (χ1v) is 6.06. The fourth-order valence-corrected chi connectivity index (χ4v) is 1.74. The molecular weight excluding hydrogens is 271 g/mol. The van der Waals surface area contributed by atoms with Crippen LogP contribution in [-0.4, -0.2) is 29.0 Å². The molecule has 7 heteroatoms. The quantitative estimate of drug-likeness (QED) is 0.379. The first-order valence-electron chi connectivity index (χ1n) is 6.06. The minimum atomic E-state index is -4.32. The number of nitrogens with zero attached hydrogens (tertiary/aromatic N) is 2. The summed E-state index contributed by atoms with van der Waals surface area (Å²) < 4.78 is 37.3. The van der Waals surface area contributed by atoms with E-state index in [0.717, 1.165) is 17.7 Å². The van der Waals surface area contributed by atoms with Crippen molar-refractivity contribution in [3.8, 4) is 0 Å². The summed E-state index contributed by atoms with van der Waals surface area (Å²) in [5, 5.41) is 11.4. The van der Waals surface area contributed by atoms with E-state index < -0.39 is 11.7 Å². The van der Waals surface area contributed by atoms with E-state index in [1.165, 1.54) is 12.1 Å². The van der Waals surface area contributed by atoms with Gasteiger partial charge in [-0.1, -0.05) is 17.3 Å². The molecule has 1 aromatic rings. The van der Waals surface area contributed by atoms with Gasteiger partial charge in [0.25, 0.3) is 0 Å². The molecule has 0 saturated heterocycles. The van der Waals surface area contributed by atoms with Gasteiger partial charge >= 0.3 is 6.18 Å². The Morgan fingerprint density at radius 2 is 1.90 bits per heavy atom. The first kappa shape index (κ1) is 16.3. The van der Waals surface area contributed by atoms with Crippen molar-refractivity contribution in [2.75, 3.05) is 7.05 Å². The molecule has 1 rings (SSSR count). The Balaban J connectivity index is 2.64.